The number of nitrogens with two attached hydrogens (primary N) is 1. The number of aryl methyl sites for hydroxylation is 1. The van der Waals surface area contributed by atoms with E-state index in [1.807, 2.05) is 11.8 Å². The zero-order chi connectivity index (χ0) is 12.0. The molecule has 1 atom stereocenters. The van der Waals surface area contributed by atoms with Crippen molar-refractivity contribution in [1.82, 2.24) is 4.90 Å². The number of nitrogens with zero attached hydrogens (tertiary/aromatic N) is 1. The monoisotopic (exact) mass is 238 g/mol. The van der Waals surface area contributed by atoms with E-state index in [-0.39, 0.29) is 0 Å². The smallest absolute Gasteiger partial charge is 0.0467 e. The molecule has 0 aliphatic heterocycles. The standard InChI is InChI=1S/C13H22N2S/c1-11-5-4-6-12(9-11)13(10-14)15(2)7-8-16-3/h4-6,9,13H,7-8,10,14H2,1-3H3. The largest absolute Gasteiger partial charge is 0.329 e. The average Bonchev–Trinajstić information content (AvgIpc) is 2.27. The fourth-order valence-electron chi connectivity index (χ4n) is 1.84. The fraction of sp³-hybridized carbons (Fsp3) is 0.538. The number of thioether (sulfide) groups is 1. The van der Waals surface area contributed by atoms with Gasteiger partial charge in [-0.05, 0) is 25.8 Å². The maximum atomic E-state index is 5.88. The summed E-state index contributed by atoms with van der Waals surface area (Å²) in [6.07, 6.45) is 2.14. The molecule has 0 fully saturated rings. The topological polar surface area (TPSA) is 29.3 Å². The summed E-state index contributed by atoms with van der Waals surface area (Å²) in [6, 6.07) is 8.97. The van der Waals surface area contributed by atoms with E-state index in [0.717, 1.165) is 12.3 Å². The third-order valence-electron chi connectivity index (χ3n) is 2.83. The van der Waals surface area contributed by atoms with E-state index < -0.39 is 0 Å². The Morgan fingerprint density at radius 3 is 2.75 bits per heavy atom. The predicted molar refractivity (Wildman–Crippen MR) is 74.0 cm³/mol. The Labute approximate surface area is 103 Å². The molecule has 2 nitrogen and oxygen atoms in total. The highest BCUT2D eigenvalue weighted by Gasteiger charge is 2.14. The second-order valence-electron chi connectivity index (χ2n) is 4.14. The van der Waals surface area contributed by atoms with Crippen molar-refractivity contribution < 1.29 is 0 Å². The molecule has 0 aliphatic rings. The lowest BCUT2D eigenvalue weighted by atomic mass is 10.0. The van der Waals surface area contributed by atoms with Crippen LogP contribution in [0.2, 0.25) is 0 Å². The molecule has 0 heterocycles. The average molecular weight is 238 g/mol. The van der Waals surface area contributed by atoms with Gasteiger partial charge in [-0.25, -0.2) is 0 Å². The highest BCUT2D eigenvalue weighted by atomic mass is 32.2. The summed E-state index contributed by atoms with van der Waals surface area (Å²) in [6.45, 7) is 3.88. The SMILES string of the molecule is CSCCN(C)C(CN)c1cccc(C)c1. The number of benzene rings is 1. The highest BCUT2D eigenvalue weighted by molar-refractivity contribution is 7.98. The van der Waals surface area contributed by atoms with Crippen molar-refractivity contribution >= 4 is 11.8 Å². The van der Waals surface area contributed by atoms with Crippen molar-refractivity contribution in [1.29, 1.82) is 0 Å². The molecule has 3 heteroatoms. The van der Waals surface area contributed by atoms with Gasteiger partial charge in [0.2, 0.25) is 0 Å². The molecule has 1 rings (SSSR count). The van der Waals surface area contributed by atoms with Crippen molar-refractivity contribution in [2.24, 2.45) is 5.73 Å². The van der Waals surface area contributed by atoms with Crippen molar-refractivity contribution in [2.45, 2.75) is 13.0 Å². The molecule has 1 aromatic rings. The summed E-state index contributed by atoms with van der Waals surface area (Å²) < 4.78 is 0. The first kappa shape index (κ1) is 13.6. The molecule has 1 aromatic carbocycles. The van der Waals surface area contributed by atoms with Gasteiger partial charge in [0.25, 0.3) is 0 Å². The Balaban J connectivity index is 2.73. The van der Waals surface area contributed by atoms with E-state index in [1.165, 1.54) is 11.1 Å². The summed E-state index contributed by atoms with van der Waals surface area (Å²) in [7, 11) is 2.15. The lowest BCUT2D eigenvalue weighted by Gasteiger charge is -2.27. The first-order valence-electron chi connectivity index (χ1n) is 5.65. The van der Waals surface area contributed by atoms with Gasteiger partial charge >= 0.3 is 0 Å². The molecular formula is C13H22N2S. The predicted octanol–water partition coefficient (Wildman–Crippen LogP) is 2.29. The Kier molecular flexibility index (Phi) is 5.88. The Morgan fingerprint density at radius 1 is 1.44 bits per heavy atom. The van der Waals surface area contributed by atoms with Gasteiger partial charge in [0.1, 0.15) is 0 Å². The van der Waals surface area contributed by atoms with E-state index in [2.05, 4.69) is 49.4 Å². The second kappa shape index (κ2) is 6.94. The normalized spacial score (nSPS) is 13.1. The van der Waals surface area contributed by atoms with Crippen LogP contribution in [-0.4, -0.2) is 37.0 Å². The van der Waals surface area contributed by atoms with Crippen LogP contribution < -0.4 is 5.73 Å². The molecule has 0 saturated heterocycles. The fourth-order valence-corrected chi connectivity index (χ4v) is 2.31. The van der Waals surface area contributed by atoms with Crippen molar-refractivity contribution in [3.8, 4) is 0 Å². The van der Waals surface area contributed by atoms with Crippen LogP contribution in [0.15, 0.2) is 24.3 Å². The van der Waals surface area contributed by atoms with Gasteiger partial charge in [0.05, 0.1) is 0 Å². The molecule has 1 unspecified atom stereocenters. The molecule has 16 heavy (non-hydrogen) atoms. The minimum atomic E-state index is 0.340. The Morgan fingerprint density at radius 2 is 2.19 bits per heavy atom. The number of likely N-dealkylation sites (N-methyl/N-ethyl adjacent to an activating group) is 1. The van der Waals surface area contributed by atoms with E-state index in [9.17, 15) is 0 Å². The van der Waals surface area contributed by atoms with Crippen LogP contribution >= 0.6 is 11.8 Å². The van der Waals surface area contributed by atoms with Crippen LogP contribution in [0.4, 0.5) is 0 Å². The molecule has 0 radical (unpaired) electrons. The van der Waals surface area contributed by atoms with Crippen LogP contribution in [0.5, 0.6) is 0 Å². The number of hydrogen-bond acceptors (Lipinski definition) is 3. The maximum Gasteiger partial charge on any atom is 0.0467 e. The molecule has 2 N–H and O–H groups in total. The van der Waals surface area contributed by atoms with Crippen molar-refractivity contribution in [2.75, 3.05) is 32.1 Å². The van der Waals surface area contributed by atoms with Crippen LogP contribution in [-0.2, 0) is 0 Å². The molecule has 0 aliphatic carbocycles. The van der Waals surface area contributed by atoms with E-state index in [0.29, 0.717) is 12.6 Å². The van der Waals surface area contributed by atoms with E-state index in [4.69, 9.17) is 5.73 Å². The highest BCUT2D eigenvalue weighted by Crippen LogP contribution is 2.19. The minimum absolute atomic E-state index is 0.340. The third-order valence-corrected chi connectivity index (χ3v) is 3.42. The van der Waals surface area contributed by atoms with Crippen LogP contribution in [0.25, 0.3) is 0 Å². The number of rotatable bonds is 6. The van der Waals surface area contributed by atoms with Crippen molar-refractivity contribution in [3.63, 3.8) is 0 Å². The summed E-state index contributed by atoms with van der Waals surface area (Å²) in [5, 5.41) is 0. The summed E-state index contributed by atoms with van der Waals surface area (Å²) in [4.78, 5) is 2.34. The van der Waals surface area contributed by atoms with Gasteiger partial charge in [0.15, 0.2) is 0 Å². The minimum Gasteiger partial charge on any atom is -0.329 e. The zero-order valence-electron chi connectivity index (χ0n) is 10.4. The van der Waals surface area contributed by atoms with Gasteiger partial charge in [0, 0.05) is 24.9 Å². The molecule has 0 aromatic heterocycles. The Bertz CT molecular complexity index is 315. The summed E-state index contributed by atoms with van der Waals surface area (Å²) in [5.74, 6) is 1.15. The summed E-state index contributed by atoms with van der Waals surface area (Å²) >= 11 is 1.87. The zero-order valence-corrected chi connectivity index (χ0v) is 11.3. The van der Waals surface area contributed by atoms with Crippen LogP contribution in [0, 0.1) is 6.92 Å². The van der Waals surface area contributed by atoms with Crippen LogP contribution in [0.1, 0.15) is 17.2 Å². The molecule has 0 saturated carbocycles. The van der Waals surface area contributed by atoms with Gasteiger partial charge in [-0.1, -0.05) is 29.8 Å². The molecule has 0 spiro atoms. The van der Waals surface area contributed by atoms with Gasteiger partial charge in [-0.3, -0.25) is 4.90 Å². The summed E-state index contributed by atoms with van der Waals surface area (Å²) in [5.41, 5.74) is 8.50. The lowest BCUT2D eigenvalue weighted by Crippen LogP contribution is -2.32. The molecule has 90 valence electrons. The van der Waals surface area contributed by atoms with Gasteiger partial charge in [-0.15, -0.1) is 0 Å². The van der Waals surface area contributed by atoms with Crippen LogP contribution in [0.3, 0.4) is 0 Å². The Hall–Kier alpha value is -0.510. The second-order valence-corrected chi connectivity index (χ2v) is 5.12. The third kappa shape index (κ3) is 3.81. The lowest BCUT2D eigenvalue weighted by molar-refractivity contribution is 0.265. The maximum absolute atomic E-state index is 5.88. The first-order valence-corrected chi connectivity index (χ1v) is 7.04. The quantitative estimate of drug-likeness (QED) is 0.824. The number of hydrogen-bond donors (Lipinski definition) is 1. The molecule has 0 bridgehead atoms. The van der Waals surface area contributed by atoms with E-state index >= 15 is 0 Å². The van der Waals surface area contributed by atoms with Gasteiger partial charge < -0.3 is 5.73 Å². The molecule has 0 amide bonds. The van der Waals surface area contributed by atoms with Gasteiger partial charge in [-0.2, -0.15) is 11.8 Å². The van der Waals surface area contributed by atoms with Crippen molar-refractivity contribution in [3.05, 3.63) is 35.4 Å². The molecular weight excluding hydrogens is 216 g/mol. The van der Waals surface area contributed by atoms with E-state index in [1.54, 1.807) is 0 Å². The first-order chi connectivity index (χ1) is 7.69.